The zero-order chi connectivity index (χ0) is 9.19. The first kappa shape index (κ1) is 8.69. The average Bonchev–Trinajstić information content (AvgIpc) is 1.82. The maximum atomic E-state index is 12.1. The van der Waals surface area contributed by atoms with E-state index in [2.05, 4.69) is 14.7 Å². The molecule has 0 bridgehead atoms. The van der Waals surface area contributed by atoms with Gasteiger partial charge in [-0.05, 0) is 0 Å². The molecule has 0 amide bonds. The van der Waals surface area contributed by atoms with E-state index in [9.17, 15) is 17.6 Å². The fraction of sp³-hybridized carbons (Fsp3) is 0.200. The Hall–Kier alpha value is -1.40. The standard InChI is InChI=1S/C5H2F4N2O/c6-3-1-10-2-4(11-3)12-5(7,8)9/h1-2H. The Morgan fingerprint density at radius 1 is 1.25 bits per heavy atom. The van der Waals surface area contributed by atoms with Crippen molar-refractivity contribution >= 4 is 0 Å². The number of aromatic nitrogens is 2. The molecule has 12 heavy (non-hydrogen) atoms. The number of rotatable bonds is 1. The molecule has 1 rings (SSSR count). The molecule has 0 saturated carbocycles. The van der Waals surface area contributed by atoms with Crippen molar-refractivity contribution in [2.45, 2.75) is 6.36 Å². The summed E-state index contributed by atoms with van der Waals surface area (Å²) in [7, 11) is 0. The lowest BCUT2D eigenvalue weighted by atomic mass is 10.7. The number of halogens is 4. The molecule has 0 aromatic carbocycles. The predicted molar refractivity (Wildman–Crippen MR) is 28.7 cm³/mol. The number of nitrogens with zero attached hydrogens (tertiary/aromatic N) is 2. The first-order valence-corrected chi connectivity index (χ1v) is 2.71. The van der Waals surface area contributed by atoms with Gasteiger partial charge >= 0.3 is 6.36 Å². The Bertz CT molecular complexity index is 274. The first-order valence-electron chi connectivity index (χ1n) is 2.71. The minimum Gasteiger partial charge on any atom is -0.386 e. The zero-order valence-electron chi connectivity index (χ0n) is 5.47. The molecule has 66 valence electrons. The van der Waals surface area contributed by atoms with Crippen molar-refractivity contribution in [1.29, 1.82) is 0 Å². The summed E-state index contributed by atoms with van der Waals surface area (Å²) < 4.78 is 49.8. The van der Waals surface area contributed by atoms with Crippen molar-refractivity contribution in [1.82, 2.24) is 9.97 Å². The van der Waals surface area contributed by atoms with E-state index in [4.69, 9.17) is 0 Å². The van der Waals surface area contributed by atoms with Crippen LogP contribution in [0.5, 0.6) is 5.88 Å². The number of ether oxygens (including phenoxy) is 1. The molecule has 0 radical (unpaired) electrons. The van der Waals surface area contributed by atoms with E-state index < -0.39 is 18.2 Å². The minimum absolute atomic E-state index is 0.663. The monoisotopic (exact) mass is 182 g/mol. The molecule has 0 fully saturated rings. The third-order valence-corrected chi connectivity index (χ3v) is 0.803. The molecule has 1 heterocycles. The van der Waals surface area contributed by atoms with E-state index in [-0.39, 0.29) is 0 Å². The van der Waals surface area contributed by atoms with Crippen LogP contribution in [-0.2, 0) is 0 Å². The molecule has 0 aliphatic heterocycles. The molecule has 0 N–H and O–H groups in total. The van der Waals surface area contributed by atoms with Crippen LogP contribution >= 0.6 is 0 Å². The fourth-order valence-corrected chi connectivity index (χ4v) is 0.493. The second-order valence-electron chi connectivity index (χ2n) is 1.73. The van der Waals surface area contributed by atoms with Gasteiger partial charge in [-0.3, -0.25) is 4.98 Å². The molecule has 3 nitrogen and oxygen atoms in total. The normalized spacial score (nSPS) is 11.3. The van der Waals surface area contributed by atoms with Crippen molar-refractivity contribution in [3.05, 3.63) is 18.3 Å². The van der Waals surface area contributed by atoms with Gasteiger partial charge in [0.05, 0.1) is 12.4 Å². The van der Waals surface area contributed by atoms with Crippen molar-refractivity contribution in [3.63, 3.8) is 0 Å². The SMILES string of the molecule is Fc1cncc(OC(F)(F)F)n1. The van der Waals surface area contributed by atoms with E-state index in [1.54, 1.807) is 0 Å². The molecule has 0 aliphatic carbocycles. The van der Waals surface area contributed by atoms with Crippen LogP contribution in [0.25, 0.3) is 0 Å². The average molecular weight is 182 g/mol. The minimum atomic E-state index is -4.87. The molecule has 0 saturated heterocycles. The van der Waals surface area contributed by atoms with Crippen LogP contribution in [0.2, 0.25) is 0 Å². The number of hydrogen-bond acceptors (Lipinski definition) is 3. The van der Waals surface area contributed by atoms with Crippen molar-refractivity contribution in [2.24, 2.45) is 0 Å². The fourth-order valence-electron chi connectivity index (χ4n) is 0.493. The summed E-state index contributed by atoms with van der Waals surface area (Å²) in [6, 6.07) is 0. The van der Waals surface area contributed by atoms with Crippen LogP contribution in [0.3, 0.4) is 0 Å². The Morgan fingerprint density at radius 2 is 1.92 bits per heavy atom. The summed E-state index contributed by atoms with van der Waals surface area (Å²) in [5.74, 6) is -2.04. The van der Waals surface area contributed by atoms with Gasteiger partial charge in [0.2, 0.25) is 11.8 Å². The number of alkyl halides is 3. The van der Waals surface area contributed by atoms with E-state index in [1.807, 2.05) is 0 Å². The molecule has 0 unspecified atom stereocenters. The summed E-state index contributed by atoms with van der Waals surface area (Å²) in [6.45, 7) is 0. The third kappa shape index (κ3) is 2.69. The molecule has 0 aliphatic rings. The summed E-state index contributed by atoms with van der Waals surface area (Å²) in [5, 5.41) is 0. The predicted octanol–water partition coefficient (Wildman–Crippen LogP) is 1.51. The van der Waals surface area contributed by atoms with Crippen molar-refractivity contribution in [3.8, 4) is 5.88 Å². The van der Waals surface area contributed by atoms with Crippen LogP contribution in [-0.4, -0.2) is 16.3 Å². The highest BCUT2D eigenvalue weighted by molar-refractivity contribution is 5.02. The van der Waals surface area contributed by atoms with E-state index in [1.165, 1.54) is 0 Å². The Labute approximate surface area is 64.0 Å². The summed E-state index contributed by atoms with van der Waals surface area (Å²) in [5.41, 5.74) is 0. The molecule has 1 aromatic heterocycles. The largest absolute Gasteiger partial charge is 0.574 e. The Kier molecular flexibility index (Phi) is 2.11. The third-order valence-electron chi connectivity index (χ3n) is 0.803. The summed E-state index contributed by atoms with van der Waals surface area (Å²) >= 11 is 0. The van der Waals surface area contributed by atoms with Crippen LogP contribution in [0.15, 0.2) is 12.4 Å². The molecule has 1 aromatic rings. The molecular formula is C5H2F4N2O. The Balaban J connectivity index is 2.77. The Morgan fingerprint density at radius 3 is 2.42 bits per heavy atom. The van der Waals surface area contributed by atoms with E-state index >= 15 is 0 Å². The quantitative estimate of drug-likeness (QED) is 0.617. The second kappa shape index (κ2) is 2.92. The van der Waals surface area contributed by atoms with Crippen molar-refractivity contribution in [2.75, 3.05) is 0 Å². The summed E-state index contributed by atoms with van der Waals surface area (Å²) in [4.78, 5) is 5.89. The highest BCUT2D eigenvalue weighted by atomic mass is 19.4. The van der Waals surface area contributed by atoms with Crippen molar-refractivity contribution < 1.29 is 22.3 Å². The summed E-state index contributed by atoms with van der Waals surface area (Å²) in [6.07, 6.45) is -3.54. The lowest BCUT2D eigenvalue weighted by Gasteiger charge is -2.05. The van der Waals surface area contributed by atoms with Crippen LogP contribution < -0.4 is 4.74 Å². The van der Waals surface area contributed by atoms with E-state index in [0.29, 0.717) is 12.4 Å². The maximum absolute atomic E-state index is 12.1. The number of hydrogen-bond donors (Lipinski definition) is 0. The highest BCUT2D eigenvalue weighted by Gasteiger charge is 2.32. The molecular weight excluding hydrogens is 180 g/mol. The van der Waals surface area contributed by atoms with Gasteiger partial charge in [0.1, 0.15) is 0 Å². The first-order chi connectivity index (χ1) is 5.47. The van der Waals surface area contributed by atoms with Crippen LogP contribution in [0, 0.1) is 5.95 Å². The molecule has 7 heteroatoms. The van der Waals surface area contributed by atoms with Gasteiger partial charge in [0, 0.05) is 0 Å². The van der Waals surface area contributed by atoms with E-state index in [0.717, 1.165) is 0 Å². The van der Waals surface area contributed by atoms with Gasteiger partial charge in [0.15, 0.2) is 0 Å². The van der Waals surface area contributed by atoms with Crippen LogP contribution in [0.1, 0.15) is 0 Å². The van der Waals surface area contributed by atoms with Gasteiger partial charge in [-0.2, -0.15) is 9.37 Å². The van der Waals surface area contributed by atoms with Gasteiger partial charge in [-0.15, -0.1) is 13.2 Å². The lowest BCUT2D eigenvalue weighted by molar-refractivity contribution is -0.276. The maximum Gasteiger partial charge on any atom is 0.574 e. The second-order valence-corrected chi connectivity index (χ2v) is 1.73. The van der Waals surface area contributed by atoms with Gasteiger partial charge in [0.25, 0.3) is 0 Å². The van der Waals surface area contributed by atoms with Crippen LogP contribution in [0.4, 0.5) is 17.6 Å². The van der Waals surface area contributed by atoms with Gasteiger partial charge in [-0.25, -0.2) is 0 Å². The highest BCUT2D eigenvalue weighted by Crippen LogP contribution is 2.19. The van der Waals surface area contributed by atoms with Gasteiger partial charge in [-0.1, -0.05) is 0 Å². The lowest BCUT2D eigenvalue weighted by Crippen LogP contribution is -2.18. The smallest absolute Gasteiger partial charge is 0.386 e. The van der Waals surface area contributed by atoms with Gasteiger partial charge < -0.3 is 4.74 Å². The molecule has 0 spiro atoms. The topological polar surface area (TPSA) is 35.0 Å². The molecule has 0 atom stereocenters. The zero-order valence-corrected chi connectivity index (χ0v) is 5.47.